The number of anilines is 1. The summed E-state index contributed by atoms with van der Waals surface area (Å²) in [5, 5.41) is 0.423. The molecular weight excluding hydrogens is 258 g/mol. The van der Waals surface area contributed by atoms with Crippen LogP contribution < -0.4 is 5.73 Å². The van der Waals surface area contributed by atoms with Gasteiger partial charge in [0.2, 0.25) is 5.95 Å². The van der Waals surface area contributed by atoms with Crippen molar-refractivity contribution in [2.45, 2.75) is 26.7 Å². The SMILES string of the molecule is C/C=C/C=C\C(=C\c1nc(N)nc(Cl)c1C)C1CC1. The monoisotopic (exact) mass is 275 g/mol. The lowest BCUT2D eigenvalue weighted by molar-refractivity contribution is 1.05. The van der Waals surface area contributed by atoms with Gasteiger partial charge in [0.25, 0.3) is 0 Å². The third-order valence-corrected chi connectivity index (χ3v) is 3.45. The molecule has 4 heteroatoms. The molecule has 1 saturated carbocycles. The van der Waals surface area contributed by atoms with Crippen LogP contribution in [0, 0.1) is 12.8 Å². The van der Waals surface area contributed by atoms with E-state index in [0.29, 0.717) is 11.1 Å². The zero-order valence-corrected chi connectivity index (χ0v) is 12.0. The van der Waals surface area contributed by atoms with Crippen LogP contribution in [-0.2, 0) is 0 Å². The van der Waals surface area contributed by atoms with Crippen LogP contribution in [0.2, 0.25) is 5.15 Å². The summed E-state index contributed by atoms with van der Waals surface area (Å²) < 4.78 is 0. The van der Waals surface area contributed by atoms with Gasteiger partial charge in [0.1, 0.15) is 5.15 Å². The first-order valence-corrected chi connectivity index (χ1v) is 6.80. The van der Waals surface area contributed by atoms with Crippen molar-refractivity contribution in [3.8, 4) is 0 Å². The van der Waals surface area contributed by atoms with Crippen LogP contribution in [0.5, 0.6) is 0 Å². The molecule has 0 unspecified atom stereocenters. The lowest BCUT2D eigenvalue weighted by atomic mass is 10.1. The smallest absolute Gasteiger partial charge is 0.221 e. The lowest BCUT2D eigenvalue weighted by Gasteiger charge is -2.05. The Balaban J connectivity index is 2.36. The molecule has 1 heterocycles. The van der Waals surface area contributed by atoms with Crippen LogP contribution in [0.3, 0.4) is 0 Å². The third kappa shape index (κ3) is 3.67. The van der Waals surface area contributed by atoms with Gasteiger partial charge >= 0.3 is 0 Å². The first-order chi connectivity index (χ1) is 9.11. The van der Waals surface area contributed by atoms with Crippen molar-refractivity contribution >= 4 is 23.6 Å². The van der Waals surface area contributed by atoms with Gasteiger partial charge in [-0.25, -0.2) is 9.97 Å². The highest BCUT2D eigenvalue weighted by atomic mass is 35.5. The summed E-state index contributed by atoms with van der Waals surface area (Å²) in [5.41, 5.74) is 8.60. The number of nitrogen functional groups attached to an aromatic ring is 1. The minimum atomic E-state index is 0.217. The lowest BCUT2D eigenvalue weighted by Crippen LogP contribution is -2.00. The van der Waals surface area contributed by atoms with Crippen LogP contribution in [0.25, 0.3) is 6.08 Å². The molecule has 0 aromatic carbocycles. The maximum atomic E-state index is 6.03. The van der Waals surface area contributed by atoms with Gasteiger partial charge in [-0.05, 0) is 44.3 Å². The van der Waals surface area contributed by atoms with E-state index in [9.17, 15) is 0 Å². The molecule has 19 heavy (non-hydrogen) atoms. The summed E-state index contributed by atoms with van der Waals surface area (Å²) in [6.45, 7) is 3.91. The van der Waals surface area contributed by atoms with Crippen molar-refractivity contribution in [1.29, 1.82) is 0 Å². The second kappa shape index (κ2) is 6.02. The Labute approximate surface area is 118 Å². The van der Waals surface area contributed by atoms with Crippen LogP contribution in [0.15, 0.2) is 29.9 Å². The van der Waals surface area contributed by atoms with E-state index in [2.05, 4.69) is 22.1 Å². The minimum Gasteiger partial charge on any atom is -0.368 e. The molecule has 0 saturated heterocycles. The molecule has 100 valence electrons. The van der Waals surface area contributed by atoms with E-state index < -0.39 is 0 Å². The fraction of sp³-hybridized carbons (Fsp3) is 0.333. The normalized spacial score (nSPS) is 16.7. The Kier molecular flexibility index (Phi) is 4.38. The number of hydrogen-bond acceptors (Lipinski definition) is 3. The van der Waals surface area contributed by atoms with E-state index in [1.165, 1.54) is 18.4 Å². The minimum absolute atomic E-state index is 0.217. The van der Waals surface area contributed by atoms with E-state index in [1.807, 2.05) is 32.1 Å². The molecule has 2 N–H and O–H groups in total. The summed E-state index contributed by atoms with van der Waals surface area (Å²) in [4.78, 5) is 8.22. The Bertz CT molecular complexity index is 555. The number of hydrogen-bond donors (Lipinski definition) is 1. The zero-order chi connectivity index (χ0) is 13.8. The molecule has 0 atom stereocenters. The molecule has 1 aromatic rings. The highest BCUT2D eigenvalue weighted by molar-refractivity contribution is 6.30. The Morgan fingerprint density at radius 2 is 2.05 bits per heavy atom. The summed E-state index contributed by atoms with van der Waals surface area (Å²) in [5.74, 6) is 0.852. The quantitative estimate of drug-likeness (QED) is 0.669. The molecule has 1 aromatic heterocycles. The molecule has 2 rings (SSSR count). The first-order valence-electron chi connectivity index (χ1n) is 6.42. The molecule has 1 aliphatic rings. The second-order valence-electron chi connectivity index (χ2n) is 4.69. The number of nitrogens with zero attached hydrogens (tertiary/aromatic N) is 2. The van der Waals surface area contributed by atoms with Gasteiger partial charge in [0.15, 0.2) is 0 Å². The Morgan fingerprint density at radius 1 is 1.32 bits per heavy atom. The number of aromatic nitrogens is 2. The molecule has 3 nitrogen and oxygen atoms in total. The maximum absolute atomic E-state index is 6.03. The maximum Gasteiger partial charge on any atom is 0.221 e. The van der Waals surface area contributed by atoms with Crippen LogP contribution in [0.4, 0.5) is 5.95 Å². The van der Waals surface area contributed by atoms with Gasteiger partial charge in [0, 0.05) is 5.56 Å². The zero-order valence-electron chi connectivity index (χ0n) is 11.2. The van der Waals surface area contributed by atoms with Gasteiger partial charge in [0.05, 0.1) is 5.69 Å². The summed E-state index contributed by atoms with van der Waals surface area (Å²) >= 11 is 6.03. The average molecular weight is 276 g/mol. The topological polar surface area (TPSA) is 51.8 Å². The molecule has 1 fully saturated rings. The van der Waals surface area contributed by atoms with E-state index in [1.54, 1.807) is 0 Å². The summed E-state index contributed by atoms with van der Waals surface area (Å²) in [7, 11) is 0. The van der Waals surface area contributed by atoms with Crippen LogP contribution in [0.1, 0.15) is 31.0 Å². The van der Waals surface area contributed by atoms with E-state index in [0.717, 1.165) is 11.3 Å². The second-order valence-corrected chi connectivity index (χ2v) is 5.04. The Morgan fingerprint density at radius 3 is 2.68 bits per heavy atom. The van der Waals surface area contributed by atoms with Gasteiger partial charge in [-0.2, -0.15) is 0 Å². The highest BCUT2D eigenvalue weighted by Crippen LogP contribution is 2.38. The van der Waals surface area contributed by atoms with E-state index >= 15 is 0 Å². The molecular formula is C15H18ClN3. The summed E-state index contributed by atoms with van der Waals surface area (Å²) in [6, 6.07) is 0. The molecule has 0 aliphatic heterocycles. The molecule has 1 aliphatic carbocycles. The standard InChI is InChI=1S/C15H18ClN3/c1-3-4-5-6-12(11-7-8-11)9-13-10(2)14(16)19-15(17)18-13/h3-6,9,11H,7-8H2,1-2H3,(H2,17,18,19)/b4-3+,6-5-,12-9-. The largest absolute Gasteiger partial charge is 0.368 e. The number of allylic oxidation sites excluding steroid dienone is 5. The van der Waals surface area contributed by atoms with Crippen molar-refractivity contribution in [3.63, 3.8) is 0 Å². The van der Waals surface area contributed by atoms with Crippen molar-refractivity contribution in [2.75, 3.05) is 5.73 Å². The fourth-order valence-corrected chi connectivity index (χ4v) is 2.00. The third-order valence-electron chi connectivity index (χ3n) is 3.09. The highest BCUT2D eigenvalue weighted by Gasteiger charge is 2.24. The van der Waals surface area contributed by atoms with Gasteiger partial charge in [-0.1, -0.05) is 35.9 Å². The van der Waals surface area contributed by atoms with Crippen LogP contribution >= 0.6 is 11.6 Å². The average Bonchev–Trinajstić information content (AvgIpc) is 3.18. The van der Waals surface area contributed by atoms with Crippen molar-refractivity contribution in [1.82, 2.24) is 9.97 Å². The number of nitrogens with two attached hydrogens (primary N) is 1. The van der Waals surface area contributed by atoms with Crippen LogP contribution in [-0.4, -0.2) is 9.97 Å². The van der Waals surface area contributed by atoms with Crippen molar-refractivity contribution < 1.29 is 0 Å². The molecule has 0 spiro atoms. The molecule has 0 radical (unpaired) electrons. The first kappa shape index (κ1) is 13.8. The predicted molar refractivity (Wildman–Crippen MR) is 80.8 cm³/mol. The number of rotatable bonds is 4. The van der Waals surface area contributed by atoms with Crippen molar-refractivity contribution in [3.05, 3.63) is 46.3 Å². The predicted octanol–water partition coefficient (Wildman–Crippen LogP) is 3.95. The van der Waals surface area contributed by atoms with Crippen molar-refractivity contribution in [2.24, 2.45) is 5.92 Å². The fourth-order valence-electron chi connectivity index (χ4n) is 1.82. The van der Waals surface area contributed by atoms with E-state index in [-0.39, 0.29) is 5.95 Å². The number of halogens is 1. The Hall–Kier alpha value is -1.61. The van der Waals surface area contributed by atoms with Gasteiger partial charge in [-0.15, -0.1) is 0 Å². The summed E-state index contributed by atoms with van der Waals surface area (Å²) in [6.07, 6.45) is 12.7. The van der Waals surface area contributed by atoms with Gasteiger partial charge in [-0.3, -0.25) is 0 Å². The molecule has 0 bridgehead atoms. The van der Waals surface area contributed by atoms with Gasteiger partial charge < -0.3 is 5.73 Å². The van der Waals surface area contributed by atoms with E-state index in [4.69, 9.17) is 17.3 Å². The molecule has 0 amide bonds.